The van der Waals surface area contributed by atoms with Crippen LogP contribution in [0.25, 0.3) is 0 Å². The minimum Gasteiger partial charge on any atom is -0.376 e. The summed E-state index contributed by atoms with van der Waals surface area (Å²) in [6.45, 7) is 2.82. The summed E-state index contributed by atoms with van der Waals surface area (Å²) in [4.78, 5) is 0. The van der Waals surface area contributed by atoms with E-state index in [9.17, 15) is 4.39 Å². The zero-order chi connectivity index (χ0) is 14.8. The Hall–Kier alpha value is -2.38. The Balaban J connectivity index is 1.95. The van der Waals surface area contributed by atoms with E-state index in [4.69, 9.17) is 10.00 Å². The van der Waals surface area contributed by atoms with Crippen LogP contribution in [0.2, 0.25) is 0 Å². The normalized spacial score (nSPS) is 16.9. The maximum Gasteiger partial charge on any atom is 0.129 e. The van der Waals surface area contributed by atoms with E-state index in [1.54, 1.807) is 13.0 Å². The van der Waals surface area contributed by atoms with Gasteiger partial charge in [-0.25, -0.2) is 4.39 Å². The van der Waals surface area contributed by atoms with E-state index in [0.29, 0.717) is 30.0 Å². The molecule has 1 atom stereocenters. The number of nitrogens with one attached hydrogen (secondary N) is 1. The molecule has 3 nitrogen and oxygen atoms in total. The number of ether oxygens (including phenoxy) is 1. The van der Waals surface area contributed by atoms with E-state index in [-0.39, 0.29) is 11.9 Å². The van der Waals surface area contributed by atoms with Crippen LogP contribution in [-0.4, -0.2) is 6.61 Å². The molecule has 1 aliphatic rings. The summed E-state index contributed by atoms with van der Waals surface area (Å²) in [5, 5.41) is 12.3. The molecule has 1 unspecified atom stereocenters. The lowest BCUT2D eigenvalue weighted by Crippen LogP contribution is -2.23. The molecule has 3 rings (SSSR count). The summed E-state index contributed by atoms with van der Waals surface area (Å²) in [6.07, 6.45) is 0. The highest BCUT2D eigenvalue weighted by atomic mass is 19.1. The molecule has 0 bridgehead atoms. The molecule has 106 valence electrons. The molecule has 1 heterocycles. The molecule has 21 heavy (non-hydrogen) atoms. The first-order chi connectivity index (χ1) is 10.2. The number of halogens is 1. The molecule has 1 N–H and O–H groups in total. The lowest BCUT2D eigenvalue weighted by molar-refractivity contribution is 0.0970. The van der Waals surface area contributed by atoms with E-state index in [0.717, 1.165) is 11.1 Å². The van der Waals surface area contributed by atoms with Crippen molar-refractivity contribution in [3.8, 4) is 6.07 Å². The van der Waals surface area contributed by atoms with Gasteiger partial charge in [-0.1, -0.05) is 24.3 Å². The van der Waals surface area contributed by atoms with Crippen molar-refractivity contribution in [3.63, 3.8) is 0 Å². The molecule has 1 aliphatic heterocycles. The Bertz CT molecular complexity index is 721. The van der Waals surface area contributed by atoms with Gasteiger partial charge in [0.25, 0.3) is 0 Å². The zero-order valence-electron chi connectivity index (χ0n) is 11.7. The lowest BCUT2D eigenvalue weighted by atomic mass is 9.98. The molecular weight excluding hydrogens is 267 g/mol. The Morgan fingerprint density at radius 1 is 1.33 bits per heavy atom. The molecule has 0 radical (unpaired) electrons. The van der Waals surface area contributed by atoms with Crippen LogP contribution in [0.1, 0.15) is 28.3 Å². The van der Waals surface area contributed by atoms with E-state index in [1.165, 1.54) is 6.07 Å². The second kappa shape index (κ2) is 5.55. The van der Waals surface area contributed by atoms with E-state index < -0.39 is 0 Å². The standard InChI is InChI=1S/C17H15FN2O/c1-11-15(18)6-12(8-19)7-16(11)20-17-10-21-9-13-4-2-3-5-14(13)17/h2-7,17,20H,9-10H2,1H3. The fraction of sp³-hybridized carbons (Fsp3) is 0.235. The smallest absolute Gasteiger partial charge is 0.129 e. The van der Waals surface area contributed by atoms with Gasteiger partial charge in [-0.3, -0.25) is 0 Å². The van der Waals surface area contributed by atoms with Crippen LogP contribution in [-0.2, 0) is 11.3 Å². The lowest BCUT2D eigenvalue weighted by Gasteiger charge is -2.28. The van der Waals surface area contributed by atoms with Gasteiger partial charge in [-0.2, -0.15) is 5.26 Å². The molecule has 0 saturated heterocycles. The average Bonchev–Trinajstić information content (AvgIpc) is 2.52. The van der Waals surface area contributed by atoms with Crippen molar-refractivity contribution in [1.29, 1.82) is 5.26 Å². The molecule has 4 heteroatoms. The Labute approximate surface area is 123 Å². The van der Waals surface area contributed by atoms with Crippen LogP contribution < -0.4 is 5.32 Å². The van der Waals surface area contributed by atoms with Crippen LogP contribution in [0.15, 0.2) is 36.4 Å². The van der Waals surface area contributed by atoms with Crippen molar-refractivity contribution in [1.82, 2.24) is 0 Å². The number of hydrogen-bond acceptors (Lipinski definition) is 3. The summed E-state index contributed by atoms with van der Waals surface area (Å²) in [5.41, 5.74) is 3.75. The van der Waals surface area contributed by atoms with Gasteiger partial charge in [-0.05, 0) is 30.2 Å². The van der Waals surface area contributed by atoms with Gasteiger partial charge < -0.3 is 10.1 Å². The summed E-state index contributed by atoms with van der Waals surface area (Å²) < 4.78 is 19.4. The molecule has 0 saturated carbocycles. The SMILES string of the molecule is Cc1c(F)cc(C#N)cc1NC1COCc2ccccc21. The Morgan fingerprint density at radius 3 is 2.95 bits per heavy atom. The highest BCUT2D eigenvalue weighted by Gasteiger charge is 2.21. The molecule has 0 spiro atoms. The molecule has 0 aromatic heterocycles. The maximum absolute atomic E-state index is 13.9. The zero-order valence-corrected chi connectivity index (χ0v) is 11.7. The van der Waals surface area contributed by atoms with Gasteiger partial charge in [0, 0.05) is 11.3 Å². The topological polar surface area (TPSA) is 45.0 Å². The first-order valence-corrected chi connectivity index (χ1v) is 6.81. The number of fused-ring (bicyclic) bond motifs is 1. The number of anilines is 1. The number of nitrogens with zero attached hydrogens (tertiary/aromatic N) is 1. The molecule has 2 aromatic carbocycles. The third-order valence-electron chi connectivity index (χ3n) is 3.78. The monoisotopic (exact) mass is 282 g/mol. The van der Waals surface area contributed by atoms with Gasteiger partial charge in [0.1, 0.15) is 5.82 Å². The van der Waals surface area contributed by atoms with Crippen LogP contribution in [0.5, 0.6) is 0 Å². The van der Waals surface area contributed by atoms with E-state index >= 15 is 0 Å². The maximum atomic E-state index is 13.9. The fourth-order valence-electron chi connectivity index (χ4n) is 2.58. The van der Waals surface area contributed by atoms with Crippen molar-refractivity contribution in [2.75, 3.05) is 11.9 Å². The van der Waals surface area contributed by atoms with Crippen LogP contribution in [0.4, 0.5) is 10.1 Å². The third-order valence-corrected chi connectivity index (χ3v) is 3.78. The summed E-state index contributed by atoms with van der Waals surface area (Å²) >= 11 is 0. The van der Waals surface area contributed by atoms with Crippen LogP contribution >= 0.6 is 0 Å². The number of hydrogen-bond donors (Lipinski definition) is 1. The van der Waals surface area contributed by atoms with Crippen molar-refractivity contribution < 1.29 is 9.13 Å². The highest BCUT2D eigenvalue weighted by molar-refractivity contribution is 5.57. The first kappa shape index (κ1) is 13.6. The molecule has 0 fully saturated rings. The molecule has 0 amide bonds. The van der Waals surface area contributed by atoms with Gasteiger partial charge in [0.2, 0.25) is 0 Å². The van der Waals surface area contributed by atoms with E-state index in [1.807, 2.05) is 24.3 Å². The summed E-state index contributed by atoms with van der Waals surface area (Å²) in [7, 11) is 0. The van der Waals surface area contributed by atoms with Gasteiger partial charge >= 0.3 is 0 Å². The second-order valence-electron chi connectivity index (χ2n) is 5.15. The first-order valence-electron chi connectivity index (χ1n) is 6.81. The number of nitriles is 1. The largest absolute Gasteiger partial charge is 0.376 e. The quantitative estimate of drug-likeness (QED) is 0.913. The second-order valence-corrected chi connectivity index (χ2v) is 5.15. The molecular formula is C17H15FN2O. The minimum absolute atomic E-state index is 0.0398. The van der Waals surface area contributed by atoms with Crippen molar-refractivity contribution >= 4 is 5.69 Å². The van der Waals surface area contributed by atoms with Gasteiger partial charge in [0.15, 0.2) is 0 Å². The molecule has 0 aliphatic carbocycles. The van der Waals surface area contributed by atoms with E-state index in [2.05, 4.69) is 11.4 Å². The van der Waals surface area contributed by atoms with Crippen molar-refractivity contribution in [3.05, 3.63) is 64.5 Å². The Kier molecular flexibility index (Phi) is 3.59. The van der Waals surface area contributed by atoms with Crippen LogP contribution in [0, 0.1) is 24.1 Å². The number of benzene rings is 2. The Morgan fingerprint density at radius 2 is 2.14 bits per heavy atom. The minimum atomic E-state index is -0.374. The highest BCUT2D eigenvalue weighted by Crippen LogP contribution is 2.30. The van der Waals surface area contributed by atoms with Gasteiger partial charge in [-0.15, -0.1) is 0 Å². The summed E-state index contributed by atoms with van der Waals surface area (Å²) in [5.74, 6) is -0.374. The fourth-order valence-corrected chi connectivity index (χ4v) is 2.58. The summed E-state index contributed by atoms with van der Waals surface area (Å²) in [6, 6.07) is 12.9. The van der Waals surface area contributed by atoms with Crippen molar-refractivity contribution in [2.45, 2.75) is 19.6 Å². The predicted octanol–water partition coefficient (Wildman–Crippen LogP) is 3.69. The van der Waals surface area contributed by atoms with Gasteiger partial charge in [0.05, 0.1) is 30.9 Å². The average molecular weight is 282 g/mol. The predicted molar refractivity (Wildman–Crippen MR) is 78.3 cm³/mol. The number of rotatable bonds is 2. The van der Waals surface area contributed by atoms with Crippen LogP contribution in [0.3, 0.4) is 0 Å². The molecule has 2 aromatic rings. The third kappa shape index (κ3) is 2.61. The van der Waals surface area contributed by atoms with Crippen molar-refractivity contribution in [2.24, 2.45) is 0 Å².